The highest BCUT2D eigenvalue weighted by Gasteiger charge is 2.36. The summed E-state index contributed by atoms with van der Waals surface area (Å²) < 4.78 is 0. The Bertz CT molecular complexity index is 759. The Hall–Kier alpha value is -2.54. The first-order valence-electron chi connectivity index (χ1n) is 9.10. The Labute approximate surface area is 158 Å². The number of amides is 2. The average molecular weight is 368 g/mol. The van der Waals surface area contributed by atoms with E-state index in [9.17, 15) is 14.7 Å². The number of hydrogen-bond donors (Lipinski definition) is 2. The first kappa shape index (κ1) is 19.2. The molecule has 1 unspecified atom stereocenters. The van der Waals surface area contributed by atoms with Crippen LogP contribution >= 0.6 is 0 Å². The van der Waals surface area contributed by atoms with Crippen molar-refractivity contribution in [2.45, 2.75) is 19.1 Å². The van der Waals surface area contributed by atoms with Gasteiger partial charge in [0.2, 0.25) is 0 Å². The fourth-order valence-corrected chi connectivity index (χ4v) is 3.34. The highest BCUT2D eigenvalue weighted by Crippen LogP contribution is 2.22. The second-order valence-electron chi connectivity index (χ2n) is 6.72. The molecule has 6 nitrogen and oxygen atoms in total. The monoisotopic (exact) mass is 368 g/mol. The van der Waals surface area contributed by atoms with Crippen molar-refractivity contribution in [2.24, 2.45) is 0 Å². The summed E-state index contributed by atoms with van der Waals surface area (Å²) in [6, 6.07) is 16.6. The fourth-order valence-electron chi connectivity index (χ4n) is 3.34. The maximum atomic E-state index is 12.4. The molecule has 3 rings (SSSR count). The maximum Gasteiger partial charge on any atom is 0.261 e. The molecule has 0 bridgehead atoms. The average Bonchev–Trinajstić information content (AvgIpc) is 2.92. The number of carbonyl (C=O) groups excluding carboxylic acids is 2. The molecule has 142 valence electrons. The molecule has 1 aliphatic rings. The van der Waals surface area contributed by atoms with Gasteiger partial charge in [-0.1, -0.05) is 42.5 Å². The van der Waals surface area contributed by atoms with Gasteiger partial charge < -0.3 is 10.2 Å². The predicted molar refractivity (Wildman–Crippen MR) is 101 cm³/mol. The van der Waals surface area contributed by atoms with Gasteiger partial charge in [0.25, 0.3) is 11.8 Å². The molecule has 27 heavy (non-hydrogen) atoms. The van der Waals surface area contributed by atoms with Crippen LogP contribution in [0.3, 0.4) is 0 Å². The third-order valence-electron chi connectivity index (χ3n) is 4.62. The van der Waals surface area contributed by atoms with Crippen LogP contribution in [0.1, 0.15) is 32.7 Å². The van der Waals surface area contributed by atoms with E-state index in [1.54, 1.807) is 24.3 Å². The van der Waals surface area contributed by atoms with Crippen LogP contribution in [-0.4, -0.2) is 64.2 Å². The van der Waals surface area contributed by atoms with Gasteiger partial charge in [0, 0.05) is 26.2 Å². The Morgan fingerprint density at radius 2 is 1.52 bits per heavy atom. The summed E-state index contributed by atoms with van der Waals surface area (Å²) in [4.78, 5) is 28.0. The van der Waals surface area contributed by atoms with Gasteiger partial charge in [0.05, 0.1) is 23.8 Å². The number of fused-ring (bicyclic) bond motifs is 1. The van der Waals surface area contributed by atoms with Crippen molar-refractivity contribution in [3.8, 4) is 0 Å². The van der Waals surface area contributed by atoms with Gasteiger partial charge in [0.15, 0.2) is 0 Å². The first-order valence-corrected chi connectivity index (χ1v) is 9.10. The van der Waals surface area contributed by atoms with E-state index in [1.807, 2.05) is 35.2 Å². The Morgan fingerprint density at radius 1 is 0.926 bits per heavy atom. The van der Waals surface area contributed by atoms with Crippen LogP contribution in [0.25, 0.3) is 0 Å². The molecular formula is C21H24N2O4. The van der Waals surface area contributed by atoms with Crippen LogP contribution in [-0.2, 0) is 6.54 Å². The quantitative estimate of drug-likeness (QED) is 0.656. The Kier molecular flexibility index (Phi) is 6.34. The van der Waals surface area contributed by atoms with Crippen molar-refractivity contribution in [3.63, 3.8) is 0 Å². The van der Waals surface area contributed by atoms with Crippen molar-refractivity contribution in [1.29, 1.82) is 0 Å². The molecule has 0 aliphatic carbocycles. The van der Waals surface area contributed by atoms with Crippen molar-refractivity contribution in [3.05, 3.63) is 71.3 Å². The molecule has 0 spiro atoms. The minimum absolute atomic E-state index is 0.0449. The Balaban J connectivity index is 1.63. The molecule has 0 radical (unpaired) electrons. The van der Waals surface area contributed by atoms with Crippen molar-refractivity contribution < 1.29 is 19.8 Å². The van der Waals surface area contributed by atoms with Crippen LogP contribution in [0.4, 0.5) is 0 Å². The van der Waals surface area contributed by atoms with E-state index < -0.39 is 6.10 Å². The van der Waals surface area contributed by atoms with Gasteiger partial charge in [-0.05, 0) is 24.1 Å². The number of hydrogen-bond acceptors (Lipinski definition) is 5. The third-order valence-corrected chi connectivity index (χ3v) is 4.62. The molecule has 0 fully saturated rings. The number of β-amino-alcohol motifs (C(OH)–C–C–N with tert-alkyl or cyclic N) is 1. The second-order valence-corrected chi connectivity index (χ2v) is 6.72. The van der Waals surface area contributed by atoms with E-state index in [0.29, 0.717) is 37.2 Å². The van der Waals surface area contributed by atoms with E-state index >= 15 is 0 Å². The summed E-state index contributed by atoms with van der Waals surface area (Å²) in [5.41, 5.74) is 1.87. The van der Waals surface area contributed by atoms with Gasteiger partial charge in [-0.3, -0.25) is 19.4 Å². The molecule has 0 saturated heterocycles. The van der Waals surface area contributed by atoms with Gasteiger partial charge in [-0.2, -0.15) is 0 Å². The van der Waals surface area contributed by atoms with Crippen molar-refractivity contribution >= 4 is 11.8 Å². The van der Waals surface area contributed by atoms with Crippen LogP contribution < -0.4 is 0 Å². The van der Waals surface area contributed by atoms with Gasteiger partial charge in [-0.15, -0.1) is 0 Å². The van der Waals surface area contributed by atoms with Crippen LogP contribution in [0.15, 0.2) is 54.6 Å². The SMILES string of the molecule is O=C1c2ccccc2C(=O)N1CC(O)CN(CCCO)Cc1ccccc1. The lowest BCUT2D eigenvalue weighted by Gasteiger charge is -2.27. The molecular weight excluding hydrogens is 344 g/mol. The standard InChI is InChI=1S/C21H24N2O4/c24-12-6-11-22(13-16-7-2-1-3-8-16)14-17(25)15-23-20(26)18-9-4-5-10-19(18)21(23)27/h1-5,7-10,17,24-25H,6,11-15H2. The third kappa shape index (κ3) is 4.60. The second kappa shape index (κ2) is 8.90. The van der Waals surface area contributed by atoms with E-state index in [4.69, 9.17) is 5.11 Å². The van der Waals surface area contributed by atoms with Crippen LogP contribution in [0, 0.1) is 0 Å². The van der Waals surface area contributed by atoms with Gasteiger partial charge >= 0.3 is 0 Å². The lowest BCUT2D eigenvalue weighted by atomic mass is 10.1. The predicted octanol–water partition coefficient (Wildman–Crippen LogP) is 1.53. The summed E-state index contributed by atoms with van der Waals surface area (Å²) in [5.74, 6) is -0.723. The topological polar surface area (TPSA) is 81.1 Å². The molecule has 2 aromatic carbocycles. The fraction of sp³-hybridized carbons (Fsp3) is 0.333. The molecule has 2 aromatic rings. The minimum atomic E-state index is -0.866. The van der Waals surface area contributed by atoms with Crippen molar-refractivity contribution in [1.82, 2.24) is 9.80 Å². The highest BCUT2D eigenvalue weighted by molar-refractivity contribution is 6.21. The van der Waals surface area contributed by atoms with Gasteiger partial charge in [-0.25, -0.2) is 0 Å². The number of aliphatic hydroxyl groups is 2. The molecule has 1 aliphatic heterocycles. The summed E-state index contributed by atoms with van der Waals surface area (Å²) in [6.45, 7) is 1.57. The number of aliphatic hydroxyl groups excluding tert-OH is 2. The number of nitrogens with zero attached hydrogens (tertiary/aromatic N) is 2. The van der Waals surface area contributed by atoms with Crippen LogP contribution in [0.5, 0.6) is 0 Å². The van der Waals surface area contributed by atoms with Gasteiger partial charge in [0.1, 0.15) is 0 Å². The largest absolute Gasteiger partial charge is 0.396 e. The van der Waals surface area contributed by atoms with Crippen LogP contribution in [0.2, 0.25) is 0 Å². The molecule has 2 N–H and O–H groups in total. The number of carbonyl (C=O) groups is 2. The minimum Gasteiger partial charge on any atom is -0.396 e. The zero-order valence-electron chi connectivity index (χ0n) is 15.1. The van der Waals surface area contributed by atoms with E-state index in [0.717, 1.165) is 10.5 Å². The molecule has 2 amide bonds. The van der Waals surface area contributed by atoms with Crippen molar-refractivity contribution in [2.75, 3.05) is 26.2 Å². The molecule has 1 heterocycles. The zero-order valence-corrected chi connectivity index (χ0v) is 15.1. The summed E-state index contributed by atoms with van der Waals surface area (Å²) in [7, 11) is 0. The molecule has 6 heteroatoms. The summed E-state index contributed by atoms with van der Waals surface area (Å²) >= 11 is 0. The number of benzene rings is 2. The van der Waals surface area contributed by atoms with E-state index in [2.05, 4.69) is 0 Å². The first-order chi connectivity index (χ1) is 13.1. The van der Waals surface area contributed by atoms with E-state index in [1.165, 1.54) is 0 Å². The zero-order chi connectivity index (χ0) is 19.2. The molecule has 0 aromatic heterocycles. The molecule has 1 atom stereocenters. The molecule has 0 saturated carbocycles. The highest BCUT2D eigenvalue weighted by atomic mass is 16.3. The Morgan fingerprint density at radius 3 is 2.11 bits per heavy atom. The normalized spacial score (nSPS) is 14.7. The smallest absolute Gasteiger partial charge is 0.261 e. The lowest BCUT2D eigenvalue weighted by Crippen LogP contribution is -2.42. The maximum absolute atomic E-state index is 12.4. The number of imide groups is 1. The van der Waals surface area contributed by atoms with E-state index in [-0.39, 0.29) is 25.0 Å². The number of rotatable bonds is 9. The summed E-state index contributed by atoms with van der Waals surface area (Å²) in [5, 5.41) is 19.6. The lowest BCUT2D eigenvalue weighted by molar-refractivity contribution is 0.0461. The summed E-state index contributed by atoms with van der Waals surface area (Å²) in [6.07, 6.45) is -0.276.